The number of benzene rings is 1. The molecule has 0 saturated heterocycles. The molecular formula is C36H45F17O5Si. The monoisotopic (exact) mass is 908 g/mol. The third kappa shape index (κ3) is 11.1. The molecule has 0 spiro atoms. The van der Waals surface area contributed by atoms with E-state index in [1.165, 1.54) is 58.0 Å². The highest BCUT2D eigenvalue weighted by atomic mass is 28.4. The van der Waals surface area contributed by atoms with Crippen LogP contribution in [0.15, 0.2) is 48.1 Å². The summed E-state index contributed by atoms with van der Waals surface area (Å²) in [4.78, 5) is 11.5. The quantitative estimate of drug-likeness (QED) is 0.0296. The molecule has 1 aromatic rings. The molecule has 59 heavy (non-hydrogen) atoms. The summed E-state index contributed by atoms with van der Waals surface area (Å²) in [5.74, 6) is -57.3. The molecule has 2 atom stereocenters. The maximum absolute atomic E-state index is 14.9. The molecule has 0 bridgehead atoms. The zero-order valence-electron chi connectivity index (χ0n) is 32.6. The average molecular weight is 909 g/mol. The maximum Gasteiger partial charge on any atom is 0.460 e. The van der Waals surface area contributed by atoms with Crippen molar-refractivity contribution in [3.63, 3.8) is 0 Å². The van der Waals surface area contributed by atoms with Crippen molar-refractivity contribution in [2.45, 2.75) is 132 Å². The van der Waals surface area contributed by atoms with Gasteiger partial charge in [-0.25, -0.2) is 4.79 Å². The molecule has 0 saturated carbocycles. The van der Waals surface area contributed by atoms with E-state index >= 15 is 0 Å². The minimum atomic E-state index is -8.68. The van der Waals surface area contributed by atoms with Gasteiger partial charge in [0.05, 0.1) is 19.3 Å². The fourth-order valence-corrected chi connectivity index (χ4v) is 10.3. The van der Waals surface area contributed by atoms with Crippen LogP contribution in [0, 0.1) is 5.92 Å². The van der Waals surface area contributed by atoms with Gasteiger partial charge in [-0.2, -0.15) is 74.6 Å². The van der Waals surface area contributed by atoms with Gasteiger partial charge in [-0.15, -0.1) is 0 Å². The fourth-order valence-electron chi connectivity index (χ4n) is 5.85. The Morgan fingerprint density at radius 2 is 1.17 bits per heavy atom. The van der Waals surface area contributed by atoms with Crippen LogP contribution in [0.2, 0.25) is 17.1 Å². The lowest BCUT2D eigenvalue weighted by molar-refractivity contribution is -0.461. The van der Waals surface area contributed by atoms with Crippen LogP contribution in [0.25, 0.3) is 0 Å². The zero-order valence-corrected chi connectivity index (χ0v) is 33.6. The van der Waals surface area contributed by atoms with Crippen molar-refractivity contribution < 1.29 is 98.4 Å². The Bertz CT molecular complexity index is 1570. The fraction of sp³-hybridized carbons (Fsp3) is 0.694. The molecule has 1 rings (SSSR count). The smallest absolute Gasteiger partial charge is 0.460 e. The summed E-state index contributed by atoms with van der Waals surface area (Å²) in [6, 6.07) is 4.59. The van der Waals surface area contributed by atoms with Gasteiger partial charge in [-0.05, 0) is 66.6 Å². The molecule has 0 aromatic heterocycles. The van der Waals surface area contributed by atoms with E-state index in [0.717, 1.165) is 0 Å². The Morgan fingerprint density at radius 3 is 1.61 bits per heavy atom. The minimum absolute atomic E-state index is 0.183. The number of rotatable bonds is 23. The normalized spacial score (nSPS) is 15.9. The van der Waals surface area contributed by atoms with Gasteiger partial charge < -0.3 is 19.0 Å². The minimum Gasteiger partial charge on any atom is -0.491 e. The van der Waals surface area contributed by atoms with E-state index in [1.54, 1.807) is 32.9 Å². The summed E-state index contributed by atoms with van der Waals surface area (Å²) in [7, 11) is -3.94. The first-order valence-corrected chi connectivity index (χ1v) is 20.0. The van der Waals surface area contributed by atoms with Crippen molar-refractivity contribution >= 4 is 14.3 Å². The van der Waals surface area contributed by atoms with Crippen molar-refractivity contribution in [2.24, 2.45) is 5.92 Å². The summed E-state index contributed by atoms with van der Waals surface area (Å²) < 4.78 is 251. The second kappa shape index (κ2) is 19.3. The zero-order chi connectivity index (χ0) is 46.4. The first-order valence-electron chi connectivity index (χ1n) is 17.7. The molecular weight excluding hydrogens is 863 g/mol. The summed E-state index contributed by atoms with van der Waals surface area (Å²) in [5.41, 5.74) is -0.613. The molecule has 1 aromatic carbocycles. The van der Waals surface area contributed by atoms with Crippen LogP contribution >= 0.6 is 0 Å². The van der Waals surface area contributed by atoms with Gasteiger partial charge in [-0.3, -0.25) is 0 Å². The SMILES string of the molecule is CCOC(=O)/C=C(C)/C=C/C[C@@H](C)[C@@H](O)c1ccc(OCCO[Si](CCC(F)(F)C(F)(F)C(F)(F)C(F)(F)C(F)(F)C(F)(F)C(F)(F)C(F)(F)F)(C(C)C)C(C)C)cc1. The van der Waals surface area contributed by atoms with Gasteiger partial charge >= 0.3 is 53.6 Å². The van der Waals surface area contributed by atoms with Gasteiger partial charge in [0.25, 0.3) is 0 Å². The molecule has 5 nitrogen and oxygen atoms in total. The van der Waals surface area contributed by atoms with Gasteiger partial charge in [0.15, 0.2) is 8.32 Å². The maximum atomic E-state index is 14.9. The lowest BCUT2D eigenvalue weighted by atomic mass is 9.88. The number of ether oxygens (including phenoxy) is 2. The summed E-state index contributed by atoms with van der Waals surface area (Å²) in [6.45, 7) is 9.79. The number of alkyl halides is 17. The Kier molecular flexibility index (Phi) is 17.7. The third-order valence-corrected chi connectivity index (χ3v) is 15.3. The molecule has 0 amide bonds. The van der Waals surface area contributed by atoms with Crippen molar-refractivity contribution in [2.75, 3.05) is 19.8 Å². The molecule has 0 heterocycles. The molecule has 0 unspecified atom stereocenters. The number of esters is 1. The Morgan fingerprint density at radius 1 is 0.712 bits per heavy atom. The molecule has 1 N–H and O–H groups in total. The number of hydrogen-bond donors (Lipinski definition) is 1. The Balaban J connectivity index is 3.14. The Labute approximate surface area is 330 Å². The van der Waals surface area contributed by atoms with Crippen LogP contribution in [-0.4, -0.2) is 86.8 Å². The van der Waals surface area contributed by atoms with Gasteiger partial charge in [-0.1, -0.05) is 58.9 Å². The van der Waals surface area contributed by atoms with E-state index in [4.69, 9.17) is 13.9 Å². The topological polar surface area (TPSA) is 65.0 Å². The van der Waals surface area contributed by atoms with Crippen molar-refractivity contribution in [1.29, 1.82) is 0 Å². The number of aliphatic hydroxyl groups excluding tert-OH is 1. The second-order valence-electron chi connectivity index (χ2n) is 14.4. The van der Waals surface area contributed by atoms with Crippen molar-refractivity contribution in [3.05, 3.63) is 53.6 Å². The van der Waals surface area contributed by atoms with E-state index in [1.807, 2.05) is 0 Å². The number of halogens is 17. The first kappa shape index (κ1) is 53.9. The van der Waals surface area contributed by atoms with E-state index < -0.39 is 98.2 Å². The first-order chi connectivity index (χ1) is 26.5. The summed E-state index contributed by atoms with van der Waals surface area (Å²) in [6.07, 6.45) is -6.19. The van der Waals surface area contributed by atoms with E-state index in [-0.39, 0.29) is 24.9 Å². The van der Waals surface area contributed by atoms with Gasteiger partial charge in [0.1, 0.15) is 12.4 Å². The molecule has 0 radical (unpaired) electrons. The molecule has 0 fully saturated rings. The molecule has 0 aliphatic carbocycles. The largest absolute Gasteiger partial charge is 0.491 e. The van der Waals surface area contributed by atoms with Crippen LogP contribution in [-0.2, 0) is 14.0 Å². The van der Waals surface area contributed by atoms with Crippen molar-refractivity contribution in [3.8, 4) is 5.75 Å². The third-order valence-electron chi connectivity index (χ3n) is 9.58. The number of carbonyl (C=O) groups excluding carboxylic acids is 1. The highest BCUT2D eigenvalue weighted by Gasteiger charge is 2.95. The highest BCUT2D eigenvalue weighted by Crippen LogP contribution is 2.64. The van der Waals surface area contributed by atoms with Crippen LogP contribution in [0.4, 0.5) is 74.6 Å². The number of hydrogen-bond acceptors (Lipinski definition) is 5. The van der Waals surface area contributed by atoms with Crippen LogP contribution in [0.5, 0.6) is 5.75 Å². The lowest BCUT2D eigenvalue weighted by Gasteiger charge is -2.44. The standard InChI is InChI=1S/C36H45F17O5Si/c1-8-56-27(54)20-23(6)10-9-11-24(7)28(55)25-12-14-26(15-13-25)57-17-18-58-59(21(2)3,22(4)5)19-16-29(37,38)30(39,40)31(41,42)32(43,44)33(45,46)34(47,48)35(49,50)36(51,52)53/h9-10,12-15,20-22,24,28,55H,8,11,16-19H2,1-7H3/b10-9+,23-20+/t24-,28-/m1/s1. The van der Waals surface area contributed by atoms with E-state index in [9.17, 15) is 84.5 Å². The van der Waals surface area contributed by atoms with Crippen LogP contribution in [0.3, 0.4) is 0 Å². The second-order valence-corrected chi connectivity index (χ2v) is 19.4. The molecule has 0 aliphatic heterocycles. The van der Waals surface area contributed by atoms with E-state index in [2.05, 4.69) is 0 Å². The predicted octanol–water partition coefficient (Wildman–Crippen LogP) is 12.4. The Hall–Kier alpha value is -3.08. The van der Waals surface area contributed by atoms with E-state index in [0.29, 0.717) is 17.6 Å². The van der Waals surface area contributed by atoms with Crippen LogP contribution in [0.1, 0.15) is 73.0 Å². The number of allylic oxidation sites excluding steroid dienone is 3. The van der Waals surface area contributed by atoms with Gasteiger partial charge in [0, 0.05) is 12.5 Å². The summed E-state index contributed by atoms with van der Waals surface area (Å²) >= 11 is 0. The van der Waals surface area contributed by atoms with Gasteiger partial charge in [0.2, 0.25) is 0 Å². The summed E-state index contributed by atoms with van der Waals surface area (Å²) in [5, 5.41) is 10.7. The molecule has 342 valence electrons. The predicted molar refractivity (Wildman–Crippen MR) is 182 cm³/mol. The molecule has 23 heteroatoms. The number of carbonyl (C=O) groups is 1. The lowest BCUT2D eigenvalue weighted by Crippen LogP contribution is -2.74. The number of aliphatic hydroxyl groups is 1. The van der Waals surface area contributed by atoms with Crippen molar-refractivity contribution in [1.82, 2.24) is 0 Å². The average Bonchev–Trinajstić information content (AvgIpc) is 3.09. The molecule has 0 aliphatic rings. The van der Waals surface area contributed by atoms with Crippen LogP contribution < -0.4 is 4.74 Å². The highest BCUT2D eigenvalue weighted by molar-refractivity contribution is 6.76.